The van der Waals surface area contributed by atoms with Crippen LogP contribution in [0.2, 0.25) is 0 Å². The van der Waals surface area contributed by atoms with Gasteiger partial charge in [0.15, 0.2) is 17.3 Å². The zero-order valence-electron chi connectivity index (χ0n) is 18.4. The highest BCUT2D eigenvalue weighted by molar-refractivity contribution is 8.03. The van der Waals surface area contributed by atoms with Gasteiger partial charge in [-0.2, -0.15) is 5.26 Å². The summed E-state index contributed by atoms with van der Waals surface area (Å²) in [5.41, 5.74) is 2.71. The summed E-state index contributed by atoms with van der Waals surface area (Å²) < 4.78 is 18.3. The minimum atomic E-state index is -0.633. The van der Waals surface area contributed by atoms with Crippen LogP contribution in [0.25, 0.3) is 0 Å². The molecule has 174 valence electrons. The molecular formula is C25H22FN3O4S. The van der Waals surface area contributed by atoms with Gasteiger partial charge in [-0.15, -0.1) is 0 Å². The van der Waals surface area contributed by atoms with E-state index in [1.807, 2.05) is 0 Å². The average molecular weight is 480 g/mol. The fourth-order valence-electron chi connectivity index (χ4n) is 4.11. The van der Waals surface area contributed by atoms with Gasteiger partial charge < -0.3 is 20.5 Å². The summed E-state index contributed by atoms with van der Waals surface area (Å²) in [6.07, 6.45) is 1.74. The van der Waals surface area contributed by atoms with E-state index in [9.17, 15) is 24.3 Å². The van der Waals surface area contributed by atoms with E-state index in [1.54, 1.807) is 12.1 Å². The third-order valence-corrected chi connectivity index (χ3v) is 6.69. The van der Waals surface area contributed by atoms with Crippen molar-refractivity contribution in [2.75, 3.05) is 18.2 Å². The van der Waals surface area contributed by atoms with Crippen molar-refractivity contribution in [2.24, 2.45) is 0 Å². The van der Waals surface area contributed by atoms with E-state index in [0.29, 0.717) is 46.7 Å². The number of methoxy groups -OCH3 is 1. The van der Waals surface area contributed by atoms with E-state index in [1.165, 1.54) is 37.4 Å². The largest absolute Gasteiger partial charge is 0.504 e. The molecule has 34 heavy (non-hydrogen) atoms. The summed E-state index contributed by atoms with van der Waals surface area (Å²) in [6, 6.07) is 12.4. The number of dihydropyridines is 1. The van der Waals surface area contributed by atoms with Gasteiger partial charge in [0, 0.05) is 23.4 Å². The van der Waals surface area contributed by atoms with E-state index in [0.717, 1.165) is 17.5 Å². The highest BCUT2D eigenvalue weighted by atomic mass is 32.2. The Bertz CT molecular complexity index is 1250. The van der Waals surface area contributed by atoms with Crippen molar-refractivity contribution in [2.45, 2.75) is 25.2 Å². The van der Waals surface area contributed by atoms with Crippen molar-refractivity contribution < 1.29 is 23.8 Å². The fourth-order valence-corrected chi connectivity index (χ4v) is 4.97. The van der Waals surface area contributed by atoms with E-state index in [-0.39, 0.29) is 28.9 Å². The van der Waals surface area contributed by atoms with Crippen LogP contribution in [0.1, 0.15) is 30.7 Å². The van der Waals surface area contributed by atoms with Gasteiger partial charge in [0.1, 0.15) is 5.82 Å². The number of benzene rings is 2. The number of hydrogen-bond donors (Lipinski definition) is 3. The molecule has 1 heterocycles. The van der Waals surface area contributed by atoms with E-state index in [2.05, 4.69) is 16.7 Å². The molecule has 1 aliphatic heterocycles. The molecule has 2 aromatic carbocycles. The Hall–Kier alpha value is -3.77. The molecule has 9 heteroatoms. The number of amides is 1. The second-order valence-corrected chi connectivity index (χ2v) is 8.84. The van der Waals surface area contributed by atoms with Crippen molar-refractivity contribution in [1.29, 1.82) is 5.26 Å². The number of nitrogens with one attached hydrogen (secondary N) is 2. The monoisotopic (exact) mass is 479 g/mol. The molecule has 0 radical (unpaired) electrons. The first-order valence-electron chi connectivity index (χ1n) is 10.6. The Morgan fingerprint density at radius 1 is 1.29 bits per heavy atom. The summed E-state index contributed by atoms with van der Waals surface area (Å²) in [4.78, 5) is 25.4. The number of ether oxygens (including phenoxy) is 1. The van der Waals surface area contributed by atoms with Gasteiger partial charge in [-0.25, -0.2) is 4.39 Å². The van der Waals surface area contributed by atoms with Crippen LogP contribution in [0.15, 0.2) is 64.3 Å². The summed E-state index contributed by atoms with van der Waals surface area (Å²) in [5, 5.41) is 26.5. The number of phenols is 1. The molecular weight excluding hydrogens is 457 g/mol. The molecule has 0 fully saturated rings. The van der Waals surface area contributed by atoms with Crippen LogP contribution in [0.3, 0.4) is 0 Å². The van der Waals surface area contributed by atoms with Crippen molar-refractivity contribution in [3.05, 3.63) is 75.7 Å². The van der Waals surface area contributed by atoms with Crippen LogP contribution in [-0.4, -0.2) is 29.7 Å². The number of Topliss-reactive ketones (excluding diaryl/α,β-unsaturated/α-hetero) is 1. The lowest BCUT2D eigenvalue weighted by Gasteiger charge is -2.33. The van der Waals surface area contributed by atoms with Crippen LogP contribution in [-0.2, 0) is 9.59 Å². The third kappa shape index (κ3) is 4.77. The molecule has 3 N–H and O–H groups in total. The van der Waals surface area contributed by atoms with Gasteiger partial charge in [-0.05, 0) is 54.8 Å². The number of ketones is 1. The van der Waals surface area contributed by atoms with E-state index >= 15 is 0 Å². The Morgan fingerprint density at radius 3 is 2.76 bits per heavy atom. The molecule has 0 saturated carbocycles. The second kappa shape index (κ2) is 10.0. The fraction of sp³-hybridized carbons (Fsp3) is 0.240. The van der Waals surface area contributed by atoms with Crippen LogP contribution in [0, 0.1) is 17.1 Å². The standard InChI is InChI=1S/C25H22FN3O4S/c1-33-21-11-14(5-10-19(21)30)23-17(12-27)25(29-18-3-2-4-20(31)24(18)23)34-13-22(32)28-16-8-6-15(26)7-9-16/h5-11,23,29-30H,2-4,13H2,1H3,(H,28,32)/t23-/m0/s1. The van der Waals surface area contributed by atoms with Crippen molar-refractivity contribution in [3.8, 4) is 17.6 Å². The topological polar surface area (TPSA) is 111 Å². The van der Waals surface area contributed by atoms with Gasteiger partial charge >= 0.3 is 0 Å². The Kier molecular flexibility index (Phi) is 6.89. The van der Waals surface area contributed by atoms with Gasteiger partial charge in [0.2, 0.25) is 5.91 Å². The zero-order valence-corrected chi connectivity index (χ0v) is 19.2. The highest BCUT2D eigenvalue weighted by Gasteiger charge is 2.37. The molecule has 0 spiro atoms. The third-order valence-electron chi connectivity index (χ3n) is 5.68. The van der Waals surface area contributed by atoms with Gasteiger partial charge in [-0.3, -0.25) is 9.59 Å². The van der Waals surface area contributed by atoms with E-state index < -0.39 is 11.7 Å². The first-order valence-corrected chi connectivity index (χ1v) is 11.6. The Labute approximate surface area is 200 Å². The molecule has 7 nitrogen and oxygen atoms in total. The van der Waals surface area contributed by atoms with Gasteiger partial charge in [-0.1, -0.05) is 17.8 Å². The number of halogens is 1. The molecule has 2 aromatic rings. The van der Waals surface area contributed by atoms with Crippen LogP contribution in [0.5, 0.6) is 11.5 Å². The maximum Gasteiger partial charge on any atom is 0.234 e. The van der Waals surface area contributed by atoms with Crippen LogP contribution in [0.4, 0.5) is 10.1 Å². The minimum absolute atomic E-state index is 0.00701. The lowest BCUT2D eigenvalue weighted by atomic mass is 9.77. The van der Waals surface area contributed by atoms with Crippen LogP contribution < -0.4 is 15.4 Å². The normalized spacial score (nSPS) is 17.6. The average Bonchev–Trinajstić information content (AvgIpc) is 2.84. The lowest BCUT2D eigenvalue weighted by Crippen LogP contribution is -2.31. The molecule has 1 amide bonds. The number of aromatic hydroxyl groups is 1. The second-order valence-electron chi connectivity index (χ2n) is 7.86. The summed E-state index contributed by atoms with van der Waals surface area (Å²) >= 11 is 1.16. The molecule has 0 saturated heterocycles. The Morgan fingerprint density at radius 2 is 2.06 bits per heavy atom. The van der Waals surface area contributed by atoms with Crippen molar-refractivity contribution in [3.63, 3.8) is 0 Å². The predicted octanol–water partition coefficient (Wildman–Crippen LogP) is 4.34. The molecule has 1 aliphatic carbocycles. The van der Waals surface area contributed by atoms with Crippen molar-refractivity contribution in [1.82, 2.24) is 5.32 Å². The van der Waals surface area contributed by atoms with Gasteiger partial charge in [0.25, 0.3) is 0 Å². The maximum atomic E-state index is 13.1. The summed E-state index contributed by atoms with van der Waals surface area (Å²) in [6.45, 7) is 0. The lowest BCUT2D eigenvalue weighted by molar-refractivity contribution is -0.116. The quantitative estimate of drug-likeness (QED) is 0.565. The summed E-state index contributed by atoms with van der Waals surface area (Å²) in [5.74, 6) is -1.17. The number of nitrogens with zero attached hydrogens (tertiary/aromatic N) is 1. The number of phenolic OH excluding ortho intramolecular Hbond substituents is 1. The van der Waals surface area contributed by atoms with Crippen LogP contribution >= 0.6 is 11.8 Å². The molecule has 1 atom stereocenters. The zero-order chi connectivity index (χ0) is 24.2. The number of thioether (sulfide) groups is 1. The molecule has 4 rings (SSSR count). The molecule has 0 bridgehead atoms. The number of allylic oxidation sites excluding steroid dienone is 3. The number of hydrogen-bond acceptors (Lipinski definition) is 7. The first kappa shape index (κ1) is 23.4. The Balaban J connectivity index is 1.64. The smallest absolute Gasteiger partial charge is 0.234 e. The minimum Gasteiger partial charge on any atom is -0.504 e. The number of rotatable bonds is 6. The SMILES string of the molecule is COc1cc([C@H]2C(C#N)=C(SCC(=O)Nc3ccc(F)cc3)NC3=C2C(=O)CCC3)ccc1O. The number of anilines is 1. The van der Waals surface area contributed by atoms with Crippen molar-refractivity contribution >= 4 is 29.1 Å². The highest BCUT2D eigenvalue weighted by Crippen LogP contribution is 2.45. The molecule has 0 unspecified atom stereocenters. The maximum absolute atomic E-state index is 13.1. The van der Waals surface area contributed by atoms with Gasteiger partial charge in [0.05, 0.1) is 35.5 Å². The number of nitriles is 1. The molecule has 2 aliphatic rings. The summed E-state index contributed by atoms with van der Waals surface area (Å²) in [7, 11) is 1.43. The molecule has 0 aromatic heterocycles. The first-order chi connectivity index (χ1) is 16.4. The number of carbonyl (C=O) groups is 2. The predicted molar refractivity (Wildman–Crippen MR) is 127 cm³/mol. The number of carbonyl (C=O) groups excluding carboxylic acids is 2. The van der Waals surface area contributed by atoms with E-state index in [4.69, 9.17) is 4.74 Å².